The number of hydrogen-bond acceptors (Lipinski definition) is 3. The third-order valence-electron chi connectivity index (χ3n) is 2.44. The standard InChI is InChI=1S/C12H13ClF3N3/c1-3-7(11(13)18-2)10(17)8-5-4-6-9(19-8)12(14,15)16/h4-6H,3,17H2,1-2H3/b10-7-,18-11?. The second kappa shape index (κ2) is 6.06. The van der Waals surface area contributed by atoms with Crippen molar-refractivity contribution < 1.29 is 13.2 Å². The fraction of sp³-hybridized carbons (Fsp3) is 0.333. The van der Waals surface area contributed by atoms with E-state index in [1.165, 1.54) is 19.2 Å². The van der Waals surface area contributed by atoms with Crippen LogP contribution in [0.1, 0.15) is 24.7 Å². The lowest BCUT2D eigenvalue weighted by Crippen LogP contribution is -2.12. The SMILES string of the molecule is CC/C(C(Cl)=NC)=C(/N)c1cccc(C(F)(F)F)n1. The molecule has 0 amide bonds. The molecule has 7 heteroatoms. The second-order valence-corrected chi connectivity index (χ2v) is 4.02. The Hall–Kier alpha value is -1.56. The number of rotatable bonds is 3. The third-order valence-corrected chi connectivity index (χ3v) is 2.84. The molecule has 0 saturated carbocycles. The molecule has 0 aliphatic rings. The highest BCUT2D eigenvalue weighted by atomic mass is 35.5. The van der Waals surface area contributed by atoms with E-state index in [4.69, 9.17) is 17.3 Å². The van der Waals surface area contributed by atoms with Gasteiger partial charge in [-0.3, -0.25) is 4.99 Å². The van der Waals surface area contributed by atoms with Crippen LogP contribution in [0.4, 0.5) is 13.2 Å². The zero-order valence-corrected chi connectivity index (χ0v) is 11.2. The normalized spacial score (nSPS) is 14.3. The van der Waals surface area contributed by atoms with E-state index < -0.39 is 11.9 Å². The van der Waals surface area contributed by atoms with E-state index in [1.54, 1.807) is 6.92 Å². The van der Waals surface area contributed by atoms with E-state index in [-0.39, 0.29) is 16.6 Å². The number of halogens is 4. The number of allylic oxidation sites excluding steroid dienone is 1. The zero-order valence-electron chi connectivity index (χ0n) is 10.4. The van der Waals surface area contributed by atoms with Gasteiger partial charge in [-0.05, 0) is 18.6 Å². The molecule has 0 fully saturated rings. The molecule has 1 aromatic rings. The highest BCUT2D eigenvalue weighted by molar-refractivity contribution is 6.70. The summed E-state index contributed by atoms with van der Waals surface area (Å²) in [6.07, 6.45) is -4.06. The summed E-state index contributed by atoms with van der Waals surface area (Å²) in [5.74, 6) is 0. The number of pyridine rings is 1. The van der Waals surface area contributed by atoms with Crippen molar-refractivity contribution in [2.45, 2.75) is 19.5 Å². The van der Waals surface area contributed by atoms with Gasteiger partial charge in [0.25, 0.3) is 0 Å². The van der Waals surface area contributed by atoms with Crippen molar-refractivity contribution in [1.82, 2.24) is 4.98 Å². The Labute approximate surface area is 114 Å². The molecule has 0 bridgehead atoms. The van der Waals surface area contributed by atoms with Gasteiger partial charge in [0.2, 0.25) is 0 Å². The van der Waals surface area contributed by atoms with E-state index >= 15 is 0 Å². The lowest BCUT2D eigenvalue weighted by molar-refractivity contribution is -0.141. The number of nitrogens with two attached hydrogens (primary N) is 1. The van der Waals surface area contributed by atoms with Crippen molar-refractivity contribution in [3.63, 3.8) is 0 Å². The molecule has 19 heavy (non-hydrogen) atoms. The number of aromatic nitrogens is 1. The van der Waals surface area contributed by atoms with E-state index in [0.717, 1.165) is 6.07 Å². The fourth-order valence-electron chi connectivity index (χ4n) is 1.48. The molecule has 0 aliphatic heterocycles. The van der Waals surface area contributed by atoms with Gasteiger partial charge in [-0.2, -0.15) is 13.2 Å². The minimum atomic E-state index is -4.51. The quantitative estimate of drug-likeness (QED) is 0.867. The highest BCUT2D eigenvalue weighted by Gasteiger charge is 2.32. The Balaban J connectivity index is 3.34. The van der Waals surface area contributed by atoms with Crippen LogP contribution in [0.15, 0.2) is 28.8 Å². The molecular weight excluding hydrogens is 279 g/mol. The summed E-state index contributed by atoms with van der Waals surface area (Å²) in [5, 5.41) is 0.166. The molecule has 0 aliphatic carbocycles. The Bertz CT molecular complexity index is 521. The minimum absolute atomic E-state index is 0.0356. The van der Waals surface area contributed by atoms with Gasteiger partial charge in [0.15, 0.2) is 0 Å². The zero-order chi connectivity index (χ0) is 14.6. The van der Waals surface area contributed by atoms with Crippen LogP contribution in [0, 0.1) is 0 Å². The predicted molar refractivity (Wildman–Crippen MR) is 69.8 cm³/mol. The average molecular weight is 292 g/mol. The van der Waals surface area contributed by atoms with E-state index in [1.807, 2.05) is 0 Å². The summed E-state index contributed by atoms with van der Waals surface area (Å²) in [4.78, 5) is 7.28. The number of aliphatic imine (C=N–C) groups is 1. The number of hydrogen-bond donors (Lipinski definition) is 1. The maximum atomic E-state index is 12.6. The summed E-state index contributed by atoms with van der Waals surface area (Å²) in [7, 11) is 1.48. The lowest BCUT2D eigenvalue weighted by Gasteiger charge is -2.11. The van der Waals surface area contributed by atoms with Crippen molar-refractivity contribution in [3.8, 4) is 0 Å². The van der Waals surface area contributed by atoms with Crippen LogP contribution < -0.4 is 5.73 Å². The Morgan fingerprint density at radius 3 is 2.53 bits per heavy atom. The van der Waals surface area contributed by atoms with Crippen molar-refractivity contribution in [1.29, 1.82) is 0 Å². The maximum absolute atomic E-state index is 12.6. The molecule has 104 valence electrons. The topological polar surface area (TPSA) is 51.3 Å². The molecule has 0 radical (unpaired) electrons. The van der Waals surface area contributed by atoms with Crippen molar-refractivity contribution in [2.24, 2.45) is 10.7 Å². The summed E-state index contributed by atoms with van der Waals surface area (Å²) >= 11 is 5.87. The molecule has 0 unspecified atom stereocenters. The molecule has 0 aromatic carbocycles. The molecular formula is C12H13ClF3N3. The monoisotopic (exact) mass is 291 g/mol. The Morgan fingerprint density at radius 1 is 1.42 bits per heavy atom. The van der Waals surface area contributed by atoms with Crippen LogP contribution in [-0.4, -0.2) is 17.2 Å². The van der Waals surface area contributed by atoms with Gasteiger partial charge in [0.05, 0.1) is 11.4 Å². The fourth-order valence-corrected chi connectivity index (χ4v) is 1.72. The van der Waals surface area contributed by atoms with Crippen LogP contribution in [0.2, 0.25) is 0 Å². The average Bonchev–Trinajstić information content (AvgIpc) is 2.38. The lowest BCUT2D eigenvalue weighted by atomic mass is 10.1. The smallest absolute Gasteiger partial charge is 0.397 e. The van der Waals surface area contributed by atoms with Gasteiger partial charge in [-0.15, -0.1) is 0 Å². The summed E-state index contributed by atoms with van der Waals surface area (Å²) in [6.45, 7) is 1.78. The first kappa shape index (κ1) is 15.5. The predicted octanol–water partition coefficient (Wildman–Crippen LogP) is 3.45. The van der Waals surface area contributed by atoms with Gasteiger partial charge in [-0.25, -0.2) is 4.98 Å². The van der Waals surface area contributed by atoms with Crippen LogP contribution >= 0.6 is 11.6 Å². The molecule has 2 N–H and O–H groups in total. The van der Waals surface area contributed by atoms with Crippen molar-refractivity contribution in [2.75, 3.05) is 7.05 Å². The first-order valence-corrected chi connectivity index (χ1v) is 5.85. The van der Waals surface area contributed by atoms with Crippen LogP contribution in [-0.2, 0) is 6.18 Å². The van der Waals surface area contributed by atoms with Gasteiger partial charge >= 0.3 is 6.18 Å². The van der Waals surface area contributed by atoms with E-state index in [0.29, 0.717) is 12.0 Å². The van der Waals surface area contributed by atoms with Gasteiger partial charge < -0.3 is 5.73 Å². The van der Waals surface area contributed by atoms with Crippen LogP contribution in [0.3, 0.4) is 0 Å². The summed E-state index contributed by atoms with van der Waals surface area (Å²) in [6, 6.07) is 3.54. The number of alkyl halides is 3. The molecule has 0 spiro atoms. The third kappa shape index (κ3) is 3.70. The van der Waals surface area contributed by atoms with Gasteiger partial charge in [0.1, 0.15) is 10.9 Å². The largest absolute Gasteiger partial charge is 0.433 e. The Morgan fingerprint density at radius 2 is 2.05 bits per heavy atom. The van der Waals surface area contributed by atoms with Gasteiger partial charge in [0, 0.05) is 12.6 Å². The Kier molecular flexibility index (Phi) is 4.94. The summed E-state index contributed by atoms with van der Waals surface area (Å²) < 4.78 is 37.7. The molecule has 0 saturated heterocycles. The van der Waals surface area contributed by atoms with E-state index in [2.05, 4.69) is 9.98 Å². The van der Waals surface area contributed by atoms with E-state index in [9.17, 15) is 13.2 Å². The first-order chi connectivity index (χ1) is 8.81. The minimum Gasteiger partial charge on any atom is -0.397 e. The molecule has 1 aromatic heterocycles. The summed E-state index contributed by atoms with van der Waals surface area (Å²) in [5.41, 5.74) is 5.44. The molecule has 1 rings (SSSR count). The van der Waals surface area contributed by atoms with Gasteiger partial charge in [-0.1, -0.05) is 24.6 Å². The highest BCUT2D eigenvalue weighted by Crippen LogP contribution is 2.28. The maximum Gasteiger partial charge on any atom is 0.433 e. The van der Waals surface area contributed by atoms with Crippen molar-refractivity contribution >= 4 is 22.5 Å². The first-order valence-electron chi connectivity index (χ1n) is 5.47. The van der Waals surface area contributed by atoms with Crippen molar-refractivity contribution in [3.05, 3.63) is 35.2 Å². The molecule has 0 atom stereocenters. The number of nitrogens with zero attached hydrogens (tertiary/aromatic N) is 2. The van der Waals surface area contributed by atoms with Crippen LogP contribution in [0.5, 0.6) is 0 Å². The molecule has 3 nitrogen and oxygen atoms in total. The second-order valence-electron chi connectivity index (χ2n) is 3.67. The van der Waals surface area contributed by atoms with Crippen LogP contribution in [0.25, 0.3) is 5.70 Å². The molecule has 1 heterocycles.